The number of hydrogen-bond donors (Lipinski definition) is 0. The SMILES string of the molecule is CCc1cnc(N2C[C@@H]3C(COc4c(F)cc(-c5ccc(Cl)nc5)cc4F)[C@@H]3C2)nc1. The van der Waals surface area contributed by atoms with E-state index in [-0.39, 0.29) is 5.75 Å². The van der Waals surface area contributed by atoms with Crippen LogP contribution in [-0.4, -0.2) is 34.6 Å². The third-order valence-electron chi connectivity index (χ3n) is 6.23. The van der Waals surface area contributed by atoms with E-state index < -0.39 is 11.6 Å². The molecule has 0 spiro atoms. The average molecular weight is 443 g/mol. The summed E-state index contributed by atoms with van der Waals surface area (Å²) in [6.07, 6.45) is 6.12. The molecule has 2 aliphatic rings. The Hall–Kier alpha value is -2.80. The molecule has 2 fully saturated rings. The molecule has 3 heterocycles. The van der Waals surface area contributed by atoms with Gasteiger partial charge in [0.15, 0.2) is 17.4 Å². The number of rotatable bonds is 6. The standard InChI is InChI=1S/C23H21ClF2N4O/c1-2-13-7-28-23(29-8-13)30-10-16-17(11-30)18(16)12-31-22-19(25)5-15(6-20(22)26)14-3-4-21(24)27-9-14/h3-9,16-18H,2,10-12H2,1H3/t16-,17+,18?. The number of pyridine rings is 1. The van der Waals surface area contributed by atoms with E-state index in [1.165, 1.54) is 18.3 Å². The van der Waals surface area contributed by atoms with Crippen LogP contribution in [-0.2, 0) is 6.42 Å². The van der Waals surface area contributed by atoms with Crippen LogP contribution in [0.1, 0.15) is 12.5 Å². The van der Waals surface area contributed by atoms with Crippen LogP contribution in [0.5, 0.6) is 5.75 Å². The number of benzene rings is 1. The molecule has 1 saturated heterocycles. The maximum Gasteiger partial charge on any atom is 0.225 e. The van der Waals surface area contributed by atoms with Gasteiger partial charge in [-0.1, -0.05) is 18.5 Å². The molecule has 5 nitrogen and oxygen atoms in total. The van der Waals surface area contributed by atoms with Gasteiger partial charge >= 0.3 is 0 Å². The summed E-state index contributed by atoms with van der Waals surface area (Å²) < 4.78 is 34.7. The van der Waals surface area contributed by atoms with Crippen LogP contribution in [0.15, 0.2) is 42.9 Å². The third-order valence-corrected chi connectivity index (χ3v) is 6.46. The summed E-state index contributed by atoms with van der Waals surface area (Å²) in [5, 5.41) is 0.322. The van der Waals surface area contributed by atoms with E-state index >= 15 is 0 Å². The fourth-order valence-electron chi connectivity index (χ4n) is 4.34. The number of fused-ring (bicyclic) bond motifs is 1. The number of aryl methyl sites for hydroxylation is 1. The number of hydrogen-bond acceptors (Lipinski definition) is 5. The monoisotopic (exact) mass is 442 g/mol. The lowest BCUT2D eigenvalue weighted by Crippen LogP contribution is -2.27. The van der Waals surface area contributed by atoms with Crippen molar-refractivity contribution in [1.82, 2.24) is 15.0 Å². The lowest BCUT2D eigenvalue weighted by atomic mass is 10.1. The molecule has 1 aromatic carbocycles. The Kier molecular flexibility index (Phi) is 5.22. The van der Waals surface area contributed by atoms with Gasteiger partial charge in [-0.15, -0.1) is 0 Å². The second-order valence-corrected chi connectivity index (χ2v) is 8.48. The lowest BCUT2D eigenvalue weighted by molar-refractivity contribution is 0.257. The van der Waals surface area contributed by atoms with Crippen LogP contribution in [0, 0.1) is 29.4 Å². The number of aromatic nitrogens is 3. The van der Waals surface area contributed by atoms with Crippen LogP contribution in [0.3, 0.4) is 0 Å². The maximum absolute atomic E-state index is 14.5. The molecule has 8 heteroatoms. The summed E-state index contributed by atoms with van der Waals surface area (Å²) in [5.74, 6) is 0.160. The van der Waals surface area contributed by atoms with Crippen LogP contribution < -0.4 is 9.64 Å². The van der Waals surface area contributed by atoms with Crippen LogP contribution in [0.2, 0.25) is 5.15 Å². The third kappa shape index (κ3) is 3.94. The van der Waals surface area contributed by atoms with Gasteiger partial charge in [-0.25, -0.2) is 23.7 Å². The van der Waals surface area contributed by atoms with Crippen molar-refractivity contribution in [1.29, 1.82) is 0 Å². The number of halogens is 3. The molecule has 1 saturated carbocycles. The Labute approximate surface area is 184 Å². The molecule has 0 bridgehead atoms. The molecule has 1 aliphatic carbocycles. The fraction of sp³-hybridized carbons (Fsp3) is 0.348. The van der Waals surface area contributed by atoms with E-state index in [0.29, 0.717) is 40.6 Å². The zero-order valence-electron chi connectivity index (χ0n) is 16.9. The van der Waals surface area contributed by atoms with Gasteiger partial charge in [0.05, 0.1) is 6.61 Å². The van der Waals surface area contributed by atoms with Crippen LogP contribution in [0.4, 0.5) is 14.7 Å². The Morgan fingerprint density at radius 3 is 2.26 bits per heavy atom. The van der Waals surface area contributed by atoms with Gasteiger partial charge in [0.1, 0.15) is 5.15 Å². The summed E-state index contributed by atoms with van der Waals surface area (Å²) in [7, 11) is 0. The zero-order valence-corrected chi connectivity index (χ0v) is 17.7. The van der Waals surface area contributed by atoms with Crippen molar-refractivity contribution in [3.8, 4) is 16.9 Å². The number of piperidine rings is 1. The molecule has 0 N–H and O–H groups in total. The largest absolute Gasteiger partial charge is 0.487 e. The molecule has 31 heavy (non-hydrogen) atoms. The Morgan fingerprint density at radius 2 is 1.68 bits per heavy atom. The van der Waals surface area contributed by atoms with Gasteiger partial charge in [-0.2, -0.15) is 0 Å². The van der Waals surface area contributed by atoms with Crippen molar-refractivity contribution in [2.45, 2.75) is 13.3 Å². The van der Waals surface area contributed by atoms with Gasteiger partial charge in [0.2, 0.25) is 5.95 Å². The summed E-state index contributed by atoms with van der Waals surface area (Å²) in [6.45, 7) is 4.06. The molecule has 3 atom stereocenters. The van der Waals surface area contributed by atoms with Gasteiger partial charge in [-0.3, -0.25) is 0 Å². The smallest absolute Gasteiger partial charge is 0.225 e. The number of nitrogens with zero attached hydrogens (tertiary/aromatic N) is 4. The summed E-state index contributed by atoms with van der Waals surface area (Å²) in [4.78, 5) is 15.0. The van der Waals surface area contributed by atoms with E-state index in [1.54, 1.807) is 12.1 Å². The van der Waals surface area contributed by atoms with Gasteiger partial charge in [-0.05, 0) is 53.6 Å². The first-order chi connectivity index (χ1) is 15.0. The van der Waals surface area contributed by atoms with Crippen molar-refractivity contribution >= 4 is 17.5 Å². The highest BCUT2D eigenvalue weighted by Gasteiger charge is 2.56. The highest BCUT2D eigenvalue weighted by molar-refractivity contribution is 6.29. The molecule has 1 unspecified atom stereocenters. The first-order valence-electron chi connectivity index (χ1n) is 10.3. The Balaban J connectivity index is 1.19. The predicted molar refractivity (Wildman–Crippen MR) is 114 cm³/mol. The summed E-state index contributed by atoms with van der Waals surface area (Å²) >= 11 is 5.77. The molecule has 5 rings (SSSR count). The first kappa shape index (κ1) is 20.1. The molecule has 2 aromatic heterocycles. The fourth-order valence-corrected chi connectivity index (χ4v) is 4.46. The highest BCUT2D eigenvalue weighted by atomic mass is 35.5. The van der Waals surface area contributed by atoms with E-state index in [2.05, 4.69) is 26.8 Å². The van der Waals surface area contributed by atoms with E-state index in [0.717, 1.165) is 31.0 Å². The second-order valence-electron chi connectivity index (χ2n) is 8.09. The number of ether oxygens (including phenoxy) is 1. The average Bonchev–Trinajstić information content (AvgIpc) is 3.22. The summed E-state index contributed by atoms with van der Waals surface area (Å²) in [6, 6.07) is 5.77. The van der Waals surface area contributed by atoms with Gasteiger partial charge in [0.25, 0.3) is 0 Å². The van der Waals surface area contributed by atoms with Crippen LogP contribution >= 0.6 is 11.6 Å². The molecule has 1 aliphatic heterocycles. The summed E-state index contributed by atoms with van der Waals surface area (Å²) in [5.41, 5.74) is 2.08. The van der Waals surface area contributed by atoms with Gasteiger partial charge < -0.3 is 9.64 Å². The molecular weight excluding hydrogens is 422 g/mol. The van der Waals surface area contributed by atoms with Crippen molar-refractivity contribution in [3.63, 3.8) is 0 Å². The molecule has 3 aromatic rings. The minimum absolute atomic E-state index is 0.296. The normalized spacial score (nSPS) is 21.8. The van der Waals surface area contributed by atoms with Crippen molar-refractivity contribution in [2.75, 3.05) is 24.6 Å². The van der Waals surface area contributed by atoms with Crippen molar-refractivity contribution < 1.29 is 13.5 Å². The van der Waals surface area contributed by atoms with Crippen molar-refractivity contribution in [2.24, 2.45) is 17.8 Å². The van der Waals surface area contributed by atoms with E-state index in [1.807, 2.05) is 12.4 Å². The Bertz CT molecular complexity index is 1060. The predicted octanol–water partition coefficient (Wildman–Crippen LogP) is 4.79. The van der Waals surface area contributed by atoms with Crippen molar-refractivity contribution in [3.05, 3.63) is 65.2 Å². The highest BCUT2D eigenvalue weighted by Crippen LogP contribution is 2.52. The second kappa shape index (κ2) is 8.04. The zero-order chi connectivity index (χ0) is 21.5. The minimum atomic E-state index is -0.721. The lowest BCUT2D eigenvalue weighted by Gasteiger charge is -2.20. The maximum atomic E-state index is 14.5. The minimum Gasteiger partial charge on any atom is -0.487 e. The first-order valence-corrected chi connectivity index (χ1v) is 10.7. The molecular formula is C23H21ClF2N4O. The topological polar surface area (TPSA) is 51.1 Å². The van der Waals surface area contributed by atoms with E-state index in [4.69, 9.17) is 16.3 Å². The van der Waals surface area contributed by atoms with E-state index in [9.17, 15) is 8.78 Å². The number of anilines is 1. The molecule has 0 radical (unpaired) electrons. The van der Waals surface area contributed by atoms with Crippen LogP contribution in [0.25, 0.3) is 11.1 Å². The molecule has 0 amide bonds. The molecule has 160 valence electrons. The quantitative estimate of drug-likeness (QED) is 0.513. The van der Waals surface area contributed by atoms with Gasteiger partial charge in [0, 0.05) is 43.2 Å². The Morgan fingerprint density at radius 1 is 1.00 bits per heavy atom.